The minimum Gasteiger partial charge on any atom is -0.254 e. The van der Waals surface area contributed by atoms with E-state index in [-0.39, 0.29) is 0 Å². The Labute approximate surface area is 113 Å². The van der Waals surface area contributed by atoms with Crippen molar-refractivity contribution in [2.24, 2.45) is 0 Å². The van der Waals surface area contributed by atoms with Crippen LogP contribution in [0.5, 0.6) is 0 Å². The first-order valence-corrected chi connectivity index (χ1v) is 6.21. The van der Waals surface area contributed by atoms with E-state index in [0.29, 0.717) is 10.9 Å². The van der Waals surface area contributed by atoms with Crippen molar-refractivity contribution < 1.29 is 0 Å². The second-order valence-electron chi connectivity index (χ2n) is 3.74. The number of fused-ring (bicyclic) bond motifs is 1. The van der Waals surface area contributed by atoms with Crippen LogP contribution in [-0.2, 0) is 5.88 Å². The van der Waals surface area contributed by atoms with E-state index in [4.69, 9.17) is 23.2 Å². The molecule has 0 radical (unpaired) electrons. The molecule has 0 bridgehead atoms. The van der Waals surface area contributed by atoms with E-state index in [0.717, 1.165) is 22.3 Å². The molecule has 0 saturated heterocycles. The second kappa shape index (κ2) is 4.55. The van der Waals surface area contributed by atoms with Crippen LogP contribution in [0.3, 0.4) is 0 Å². The van der Waals surface area contributed by atoms with Crippen molar-refractivity contribution in [3.05, 3.63) is 47.4 Å². The summed E-state index contributed by atoms with van der Waals surface area (Å²) < 4.78 is 1.68. The van der Waals surface area contributed by atoms with Crippen LogP contribution in [0.25, 0.3) is 16.6 Å². The Morgan fingerprint density at radius 2 is 2.11 bits per heavy atom. The van der Waals surface area contributed by atoms with Crippen molar-refractivity contribution in [2.75, 3.05) is 0 Å². The van der Waals surface area contributed by atoms with Gasteiger partial charge in [0.1, 0.15) is 0 Å². The van der Waals surface area contributed by atoms with Crippen LogP contribution in [0.15, 0.2) is 36.7 Å². The highest BCUT2D eigenvalue weighted by atomic mass is 35.5. The molecular weight excluding hydrogens is 271 g/mol. The van der Waals surface area contributed by atoms with Crippen LogP contribution >= 0.6 is 23.2 Å². The van der Waals surface area contributed by atoms with Gasteiger partial charge in [-0.2, -0.15) is 0 Å². The second-order valence-corrected chi connectivity index (χ2v) is 4.41. The molecule has 0 saturated carbocycles. The minimum atomic E-state index is 0.337. The van der Waals surface area contributed by atoms with E-state index < -0.39 is 0 Å². The summed E-state index contributed by atoms with van der Waals surface area (Å²) >= 11 is 12.0. The van der Waals surface area contributed by atoms with Gasteiger partial charge in [-0.15, -0.1) is 16.7 Å². The first-order valence-electron chi connectivity index (χ1n) is 5.30. The molecule has 0 unspecified atom stereocenters. The Balaban J connectivity index is 2.34. The maximum atomic E-state index is 6.15. The average Bonchev–Trinajstić information content (AvgIpc) is 2.88. The zero-order valence-corrected chi connectivity index (χ0v) is 10.7. The van der Waals surface area contributed by atoms with E-state index in [9.17, 15) is 0 Å². The predicted molar refractivity (Wildman–Crippen MR) is 71.2 cm³/mol. The number of hydrogen-bond donors (Lipinski definition) is 0. The number of hydrogen-bond acceptors (Lipinski definition) is 3. The molecule has 0 N–H and O–H groups in total. The fraction of sp³-hybridized carbons (Fsp3) is 0.0833. The highest BCUT2D eigenvalue weighted by molar-refractivity contribution is 6.35. The van der Waals surface area contributed by atoms with Crippen LogP contribution in [0.1, 0.15) is 5.69 Å². The SMILES string of the molecule is ClCc1cnnn1-c1ccc(Cl)c2cccnc12. The zero-order chi connectivity index (χ0) is 12.5. The van der Waals surface area contributed by atoms with Crippen molar-refractivity contribution in [3.63, 3.8) is 0 Å². The average molecular weight is 279 g/mol. The van der Waals surface area contributed by atoms with Crippen LogP contribution in [-0.4, -0.2) is 20.0 Å². The monoisotopic (exact) mass is 278 g/mol. The lowest BCUT2D eigenvalue weighted by Crippen LogP contribution is -2.02. The Bertz CT molecular complexity index is 708. The molecule has 1 aromatic carbocycles. The van der Waals surface area contributed by atoms with E-state index in [2.05, 4.69) is 15.3 Å². The molecule has 4 nitrogen and oxygen atoms in total. The molecule has 2 aromatic heterocycles. The number of aromatic nitrogens is 4. The van der Waals surface area contributed by atoms with Gasteiger partial charge in [0.2, 0.25) is 0 Å². The van der Waals surface area contributed by atoms with Gasteiger partial charge < -0.3 is 0 Å². The van der Waals surface area contributed by atoms with Gasteiger partial charge in [0.25, 0.3) is 0 Å². The number of benzene rings is 1. The number of nitrogens with zero attached hydrogens (tertiary/aromatic N) is 4. The molecule has 2 heterocycles. The molecule has 6 heteroatoms. The van der Waals surface area contributed by atoms with Crippen LogP contribution in [0.2, 0.25) is 5.02 Å². The Morgan fingerprint density at radius 3 is 2.94 bits per heavy atom. The lowest BCUT2D eigenvalue weighted by atomic mass is 10.2. The molecule has 0 atom stereocenters. The Morgan fingerprint density at radius 1 is 1.22 bits per heavy atom. The highest BCUT2D eigenvalue weighted by Crippen LogP contribution is 2.27. The number of rotatable bonds is 2. The van der Waals surface area contributed by atoms with Crippen LogP contribution < -0.4 is 0 Å². The number of halogens is 2. The van der Waals surface area contributed by atoms with Gasteiger partial charge in [-0.05, 0) is 24.3 Å². The molecule has 3 aromatic rings. The quantitative estimate of drug-likeness (QED) is 0.676. The third-order valence-corrected chi connectivity index (χ3v) is 3.28. The molecule has 0 amide bonds. The van der Waals surface area contributed by atoms with E-state index in [1.165, 1.54) is 0 Å². The molecular formula is C12H8Cl2N4. The maximum absolute atomic E-state index is 6.15. The largest absolute Gasteiger partial charge is 0.254 e. The summed E-state index contributed by atoms with van der Waals surface area (Å²) in [5.74, 6) is 0.337. The summed E-state index contributed by atoms with van der Waals surface area (Å²) in [5.41, 5.74) is 2.41. The standard InChI is InChI=1S/C12H8Cl2N4/c13-6-8-7-16-17-18(8)11-4-3-10(14)9-2-1-5-15-12(9)11/h1-5,7H,6H2. The zero-order valence-electron chi connectivity index (χ0n) is 9.22. The third kappa shape index (κ3) is 1.74. The summed E-state index contributed by atoms with van der Waals surface area (Å²) in [4.78, 5) is 4.36. The molecule has 0 spiro atoms. The van der Waals surface area contributed by atoms with Crippen LogP contribution in [0, 0.1) is 0 Å². The van der Waals surface area contributed by atoms with E-state index in [1.54, 1.807) is 17.1 Å². The van der Waals surface area contributed by atoms with Gasteiger partial charge in [0, 0.05) is 11.6 Å². The summed E-state index contributed by atoms with van der Waals surface area (Å²) in [5, 5.41) is 9.45. The van der Waals surface area contributed by atoms with Gasteiger partial charge in [-0.1, -0.05) is 16.8 Å². The van der Waals surface area contributed by atoms with Gasteiger partial charge in [0.15, 0.2) is 0 Å². The normalized spacial score (nSPS) is 11.0. The van der Waals surface area contributed by atoms with Crippen molar-refractivity contribution in [1.29, 1.82) is 0 Å². The minimum absolute atomic E-state index is 0.337. The molecule has 90 valence electrons. The van der Waals surface area contributed by atoms with Crippen molar-refractivity contribution in [3.8, 4) is 5.69 Å². The lowest BCUT2D eigenvalue weighted by molar-refractivity contribution is 0.784. The topological polar surface area (TPSA) is 43.6 Å². The van der Waals surface area contributed by atoms with Crippen molar-refractivity contribution >= 4 is 34.1 Å². The summed E-state index contributed by atoms with van der Waals surface area (Å²) in [6.45, 7) is 0. The molecule has 0 aliphatic heterocycles. The van der Waals surface area contributed by atoms with Gasteiger partial charge >= 0.3 is 0 Å². The van der Waals surface area contributed by atoms with Crippen LogP contribution in [0.4, 0.5) is 0 Å². The lowest BCUT2D eigenvalue weighted by Gasteiger charge is -2.08. The molecule has 0 aliphatic carbocycles. The van der Waals surface area contributed by atoms with E-state index >= 15 is 0 Å². The Kier molecular flexibility index (Phi) is 2.89. The third-order valence-electron chi connectivity index (χ3n) is 2.68. The fourth-order valence-electron chi connectivity index (χ4n) is 1.84. The smallest absolute Gasteiger partial charge is 0.0974 e. The molecule has 3 rings (SSSR count). The van der Waals surface area contributed by atoms with Crippen molar-refractivity contribution in [1.82, 2.24) is 20.0 Å². The summed E-state index contributed by atoms with van der Waals surface area (Å²) in [6.07, 6.45) is 3.36. The summed E-state index contributed by atoms with van der Waals surface area (Å²) in [6, 6.07) is 7.45. The highest BCUT2D eigenvalue weighted by Gasteiger charge is 2.11. The molecule has 0 aliphatic rings. The van der Waals surface area contributed by atoms with Gasteiger partial charge in [-0.3, -0.25) is 4.98 Å². The first-order chi connectivity index (χ1) is 8.81. The van der Waals surface area contributed by atoms with Gasteiger partial charge in [0.05, 0.1) is 34.0 Å². The van der Waals surface area contributed by atoms with Crippen molar-refractivity contribution in [2.45, 2.75) is 5.88 Å². The fourth-order valence-corrected chi connectivity index (χ4v) is 2.24. The Hall–Kier alpha value is -1.65. The van der Waals surface area contributed by atoms with Gasteiger partial charge in [-0.25, -0.2) is 4.68 Å². The number of pyridine rings is 1. The number of alkyl halides is 1. The molecule has 0 fully saturated rings. The summed E-state index contributed by atoms with van der Waals surface area (Å²) in [7, 11) is 0. The predicted octanol–water partition coefficient (Wildman–Crippen LogP) is 3.21. The molecule has 18 heavy (non-hydrogen) atoms. The maximum Gasteiger partial charge on any atom is 0.0974 e. The first kappa shape index (κ1) is 11.4. The van der Waals surface area contributed by atoms with E-state index in [1.807, 2.05) is 24.3 Å².